The summed E-state index contributed by atoms with van der Waals surface area (Å²) in [6.07, 6.45) is 1.31. The molecule has 0 aromatic carbocycles. The first-order valence-corrected chi connectivity index (χ1v) is 8.57. The maximum atomic E-state index is 12.5. The van der Waals surface area contributed by atoms with E-state index in [0.29, 0.717) is 32.5 Å². The quantitative estimate of drug-likeness (QED) is 0.806. The molecule has 0 spiro atoms. The minimum absolute atomic E-state index is 0.0214. The first-order valence-electron chi connectivity index (χ1n) is 7.69. The molecule has 1 fully saturated rings. The Morgan fingerprint density at radius 2 is 2.12 bits per heavy atom. The van der Waals surface area contributed by atoms with Gasteiger partial charge in [-0.15, -0.1) is 11.3 Å². The maximum absolute atomic E-state index is 12.5. The van der Waals surface area contributed by atoms with Crippen LogP contribution < -0.4 is 4.74 Å². The van der Waals surface area contributed by atoms with Gasteiger partial charge < -0.3 is 14.7 Å². The number of piperidine rings is 1. The van der Waals surface area contributed by atoms with Crippen LogP contribution in [0.3, 0.4) is 0 Å². The Morgan fingerprint density at radius 3 is 2.67 bits per heavy atom. The number of carbonyl (C=O) groups is 2. The van der Waals surface area contributed by atoms with Gasteiger partial charge in [-0.25, -0.2) is 0 Å². The fourth-order valence-electron chi connectivity index (χ4n) is 2.89. The number of thiophene rings is 1. The van der Waals surface area contributed by atoms with E-state index in [9.17, 15) is 18.4 Å². The smallest absolute Gasteiger partial charge is 0.387 e. The molecule has 0 aliphatic carbocycles. The van der Waals surface area contributed by atoms with Crippen LogP contribution in [0.15, 0.2) is 11.4 Å². The van der Waals surface area contributed by atoms with Crippen molar-refractivity contribution in [3.8, 4) is 5.75 Å². The lowest BCUT2D eigenvalue weighted by Crippen LogP contribution is -2.48. The number of hydrogen-bond acceptors (Lipinski definition) is 5. The third-order valence-corrected chi connectivity index (χ3v) is 4.94. The number of amides is 1. The standard InChI is InChI=1S/C15H20F2N2O4S/c1-2-18(9-12(20)21)10-3-6-19(7-4-10)14(22)13-11(5-8-24-13)23-15(16)17/h5,8,10,15H,2-4,6-7,9H2,1H3,(H,20,21). The Bertz CT molecular complexity index is 574. The van der Waals surface area contributed by atoms with Crippen molar-refractivity contribution in [3.05, 3.63) is 16.3 Å². The lowest BCUT2D eigenvalue weighted by molar-refractivity contribution is -0.139. The summed E-state index contributed by atoms with van der Waals surface area (Å²) in [5, 5.41) is 10.5. The first kappa shape index (κ1) is 18.6. The molecule has 1 saturated heterocycles. The number of carboxylic acids is 1. The summed E-state index contributed by atoms with van der Waals surface area (Å²) in [5.41, 5.74) is 0. The van der Waals surface area contributed by atoms with Crippen LogP contribution in [0.4, 0.5) is 8.78 Å². The van der Waals surface area contributed by atoms with Crippen molar-refractivity contribution in [2.45, 2.75) is 32.4 Å². The van der Waals surface area contributed by atoms with Crippen molar-refractivity contribution in [3.63, 3.8) is 0 Å². The van der Waals surface area contributed by atoms with E-state index in [1.165, 1.54) is 6.07 Å². The summed E-state index contributed by atoms with van der Waals surface area (Å²) in [6.45, 7) is 0.470. The molecule has 134 valence electrons. The predicted octanol–water partition coefficient (Wildman–Crippen LogP) is 2.36. The van der Waals surface area contributed by atoms with Crippen LogP contribution >= 0.6 is 11.3 Å². The van der Waals surface area contributed by atoms with Crippen LogP contribution in [-0.2, 0) is 4.79 Å². The lowest BCUT2D eigenvalue weighted by Gasteiger charge is -2.37. The summed E-state index contributed by atoms with van der Waals surface area (Å²) in [4.78, 5) is 27.0. The van der Waals surface area contributed by atoms with E-state index in [1.807, 2.05) is 11.8 Å². The first-order chi connectivity index (χ1) is 11.4. The van der Waals surface area contributed by atoms with Crippen LogP contribution in [-0.4, -0.2) is 65.6 Å². The van der Waals surface area contributed by atoms with Crippen LogP contribution in [0.1, 0.15) is 29.4 Å². The van der Waals surface area contributed by atoms with Crippen LogP contribution in [0, 0.1) is 0 Å². The number of ether oxygens (including phenoxy) is 1. The number of hydrogen-bond donors (Lipinski definition) is 1. The molecule has 6 nitrogen and oxygen atoms in total. The molecule has 1 aliphatic heterocycles. The van der Waals surface area contributed by atoms with E-state index < -0.39 is 12.6 Å². The third-order valence-electron chi connectivity index (χ3n) is 4.05. The highest BCUT2D eigenvalue weighted by molar-refractivity contribution is 7.12. The summed E-state index contributed by atoms with van der Waals surface area (Å²) in [5.74, 6) is -1.29. The fourth-order valence-corrected chi connectivity index (χ4v) is 3.68. The molecule has 1 aliphatic rings. The second-order valence-corrected chi connectivity index (χ2v) is 6.39. The van der Waals surface area contributed by atoms with E-state index in [-0.39, 0.29) is 29.1 Å². The van der Waals surface area contributed by atoms with Crippen molar-refractivity contribution in [2.75, 3.05) is 26.2 Å². The molecular weight excluding hydrogens is 342 g/mol. The van der Waals surface area contributed by atoms with Crippen molar-refractivity contribution in [1.82, 2.24) is 9.80 Å². The normalized spacial score (nSPS) is 16.0. The Balaban J connectivity index is 1.95. The van der Waals surface area contributed by atoms with Gasteiger partial charge in [0.1, 0.15) is 10.6 Å². The third kappa shape index (κ3) is 4.64. The van der Waals surface area contributed by atoms with Gasteiger partial charge in [0.2, 0.25) is 0 Å². The SMILES string of the molecule is CCN(CC(=O)O)C1CCN(C(=O)c2sccc2OC(F)F)CC1. The van der Waals surface area contributed by atoms with Gasteiger partial charge in [-0.1, -0.05) is 6.92 Å². The van der Waals surface area contributed by atoms with Gasteiger partial charge >= 0.3 is 12.6 Å². The van der Waals surface area contributed by atoms with Gasteiger partial charge in [-0.05, 0) is 30.8 Å². The van der Waals surface area contributed by atoms with Gasteiger partial charge in [0.15, 0.2) is 0 Å². The Hall–Kier alpha value is -1.74. The fraction of sp³-hybridized carbons (Fsp3) is 0.600. The molecule has 1 aromatic heterocycles. The van der Waals surface area contributed by atoms with E-state index in [2.05, 4.69) is 4.74 Å². The van der Waals surface area contributed by atoms with Crippen molar-refractivity contribution < 1.29 is 28.2 Å². The summed E-state index contributed by atoms with van der Waals surface area (Å²) < 4.78 is 29.1. The number of carbonyl (C=O) groups excluding carboxylic acids is 1. The number of aliphatic carboxylic acids is 1. The van der Waals surface area contributed by atoms with Crippen molar-refractivity contribution in [1.29, 1.82) is 0 Å². The molecule has 0 radical (unpaired) electrons. The highest BCUT2D eigenvalue weighted by Crippen LogP contribution is 2.29. The Morgan fingerprint density at radius 1 is 1.46 bits per heavy atom. The van der Waals surface area contributed by atoms with Gasteiger partial charge in [-0.3, -0.25) is 14.5 Å². The summed E-state index contributed by atoms with van der Waals surface area (Å²) in [6, 6.07) is 1.47. The molecule has 9 heteroatoms. The average Bonchev–Trinajstić information content (AvgIpc) is 2.99. The molecule has 1 N–H and O–H groups in total. The van der Waals surface area contributed by atoms with Crippen LogP contribution in [0.5, 0.6) is 5.75 Å². The monoisotopic (exact) mass is 362 g/mol. The number of nitrogens with zero attached hydrogens (tertiary/aromatic N) is 2. The maximum Gasteiger partial charge on any atom is 0.387 e. The zero-order valence-corrected chi connectivity index (χ0v) is 14.1. The largest absolute Gasteiger partial charge is 0.480 e. The number of alkyl halides is 2. The van der Waals surface area contributed by atoms with Gasteiger partial charge in [-0.2, -0.15) is 8.78 Å². The van der Waals surface area contributed by atoms with E-state index in [4.69, 9.17) is 5.11 Å². The second kappa shape index (κ2) is 8.39. The molecule has 0 bridgehead atoms. The van der Waals surface area contributed by atoms with E-state index in [0.717, 1.165) is 11.3 Å². The summed E-state index contributed by atoms with van der Waals surface area (Å²) >= 11 is 1.08. The van der Waals surface area contributed by atoms with Gasteiger partial charge in [0.25, 0.3) is 5.91 Å². The van der Waals surface area contributed by atoms with Crippen molar-refractivity contribution in [2.24, 2.45) is 0 Å². The van der Waals surface area contributed by atoms with Gasteiger partial charge in [0, 0.05) is 19.1 Å². The minimum Gasteiger partial charge on any atom is -0.480 e. The summed E-state index contributed by atoms with van der Waals surface area (Å²) in [7, 11) is 0. The Kier molecular flexibility index (Phi) is 6.50. The molecule has 2 rings (SSSR count). The number of halogens is 2. The predicted molar refractivity (Wildman–Crippen MR) is 84.8 cm³/mol. The molecule has 1 amide bonds. The lowest BCUT2D eigenvalue weighted by atomic mass is 10.0. The molecular formula is C15H20F2N2O4S. The van der Waals surface area contributed by atoms with Crippen LogP contribution in [0.2, 0.25) is 0 Å². The Labute approximate surface area is 142 Å². The minimum atomic E-state index is -2.97. The molecule has 0 unspecified atom stereocenters. The zero-order chi connectivity index (χ0) is 17.7. The molecule has 0 atom stereocenters. The van der Waals surface area contributed by atoms with Crippen LogP contribution in [0.25, 0.3) is 0 Å². The highest BCUT2D eigenvalue weighted by atomic mass is 32.1. The number of likely N-dealkylation sites (N-methyl/N-ethyl adjacent to an activating group) is 1. The average molecular weight is 362 g/mol. The zero-order valence-electron chi connectivity index (χ0n) is 13.3. The number of carboxylic acid groups (broad SMARTS) is 1. The molecule has 1 aromatic rings. The highest BCUT2D eigenvalue weighted by Gasteiger charge is 2.29. The number of likely N-dealkylation sites (tertiary alicyclic amines) is 1. The second-order valence-electron chi connectivity index (χ2n) is 5.47. The molecule has 0 saturated carbocycles. The van der Waals surface area contributed by atoms with E-state index >= 15 is 0 Å². The molecule has 2 heterocycles. The topological polar surface area (TPSA) is 70.1 Å². The van der Waals surface area contributed by atoms with E-state index in [1.54, 1.807) is 10.3 Å². The van der Waals surface area contributed by atoms with Crippen molar-refractivity contribution >= 4 is 23.2 Å². The van der Waals surface area contributed by atoms with Gasteiger partial charge in [0.05, 0.1) is 6.54 Å². The number of rotatable bonds is 7. The molecule has 24 heavy (non-hydrogen) atoms.